The summed E-state index contributed by atoms with van der Waals surface area (Å²) in [5.74, 6) is -5.18. The predicted molar refractivity (Wildman–Crippen MR) is 54.5 cm³/mol. The van der Waals surface area contributed by atoms with Crippen LogP contribution in [0.3, 0.4) is 0 Å². The van der Waals surface area contributed by atoms with Gasteiger partial charge in [-0.2, -0.15) is 0 Å². The molecule has 1 fully saturated rings. The molecular formula is C12H12F2O2. The van der Waals surface area contributed by atoms with Crippen LogP contribution in [0.4, 0.5) is 8.78 Å². The molecule has 2 atom stereocenters. The van der Waals surface area contributed by atoms with Crippen molar-refractivity contribution in [1.82, 2.24) is 0 Å². The summed E-state index contributed by atoms with van der Waals surface area (Å²) >= 11 is 0. The van der Waals surface area contributed by atoms with Crippen LogP contribution < -0.4 is 0 Å². The highest BCUT2D eigenvalue weighted by atomic mass is 19.3. The number of carbonyl (C=O) groups is 1. The van der Waals surface area contributed by atoms with Gasteiger partial charge < -0.3 is 5.11 Å². The second-order valence-electron chi connectivity index (χ2n) is 4.29. The van der Waals surface area contributed by atoms with Crippen molar-refractivity contribution in [2.75, 3.05) is 0 Å². The molecule has 1 aromatic carbocycles. The molecule has 0 radical (unpaired) electrons. The summed E-state index contributed by atoms with van der Waals surface area (Å²) in [6.45, 7) is 1.55. The number of rotatable bonds is 3. The molecule has 4 heteroatoms. The highest BCUT2D eigenvalue weighted by molar-refractivity contribution is 5.82. The van der Waals surface area contributed by atoms with E-state index in [4.69, 9.17) is 5.11 Å². The summed E-state index contributed by atoms with van der Waals surface area (Å²) in [7, 11) is 0. The first kappa shape index (κ1) is 11.0. The molecule has 16 heavy (non-hydrogen) atoms. The lowest BCUT2D eigenvalue weighted by Gasteiger charge is -2.20. The van der Waals surface area contributed by atoms with Crippen LogP contribution in [0.25, 0.3) is 0 Å². The highest BCUT2D eigenvalue weighted by Crippen LogP contribution is 2.67. The molecule has 1 aliphatic rings. The molecule has 0 heterocycles. The molecule has 1 aromatic rings. The van der Waals surface area contributed by atoms with Crippen LogP contribution in [0.1, 0.15) is 24.8 Å². The van der Waals surface area contributed by atoms with Crippen LogP contribution in [-0.2, 0) is 4.79 Å². The van der Waals surface area contributed by atoms with Gasteiger partial charge in [0.15, 0.2) is 0 Å². The quantitative estimate of drug-likeness (QED) is 0.860. The smallest absolute Gasteiger partial charge is 0.316 e. The number of hydrogen-bond donors (Lipinski definition) is 1. The van der Waals surface area contributed by atoms with Crippen LogP contribution in [0.15, 0.2) is 30.3 Å². The normalized spacial score (nSPS) is 28.4. The van der Waals surface area contributed by atoms with Crippen molar-refractivity contribution in [3.05, 3.63) is 35.9 Å². The van der Waals surface area contributed by atoms with E-state index >= 15 is 0 Å². The van der Waals surface area contributed by atoms with Gasteiger partial charge in [-0.15, -0.1) is 0 Å². The first-order chi connectivity index (χ1) is 7.42. The van der Waals surface area contributed by atoms with Gasteiger partial charge >= 0.3 is 5.97 Å². The van der Waals surface area contributed by atoms with Crippen molar-refractivity contribution in [2.24, 2.45) is 5.41 Å². The fraction of sp³-hybridized carbons (Fsp3) is 0.417. The van der Waals surface area contributed by atoms with Crippen LogP contribution >= 0.6 is 0 Å². The molecule has 0 aromatic heterocycles. The molecule has 2 rings (SSSR count). The molecular weight excluding hydrogens is 214 g/mol. The largest absolute Gasteiger partial charge is 0.481 e. The summed E-state index contributed by atoms with van der Waals surface area (Å²) in [4.78, 5) is 11.0. The Balaban J connectivity index is 2.35. The van der Waals surface area contributed by atoms with Gasteiger partial charge in [-0.05, 0) is 5.56 Å². The Kier molecular flexibility index (Phi) is 2.26. The van der Waals surface area contributed by atoms with E-state index in [1.54, 1.807) is 37.3 Å². The van der Waals surface area contributed by atoms with Gasteiger partial charge in [0.25, 0.3) is 5.92 Å². The van der Waals surface area contributed by atoms with Gasteiger partial charge in [0.05, 0.1) is 0 Å². The van der Waals surface area contributed by atoms with Gasteiger partial charge in [0.1, 0.15) is 5.41 Å². The lowest BCUT2D eigenvalue weighted by atomic mass is 9.84. The first-order valence-corrected chi connectivity index (χ1v) is 5.08. The summed E-state index contributed by atoms with van der Waals surface area (Å²) in [5.41, 5.74) is -1.27. The third-order valence-electron chi connectivity index (χ3n) is 3.45. The molecule has 1 saturated carbocycles. The maximum absolute atomic E-state index is 13.3. The zero-order valence-electron chi connectivity index (χ0n) is 8.78. The lowest BCUT2D eigenvalue weighted by molar-refractivity contribution is -0.148. The van der Waals surface area contributed by atoms with Gasteiger partial charge in [-0.3, -0.25) is 4.79 Å². The topological polar surface area (TPSA) is 37.3 Å². The van der Waals surface area contributed by atoms with Crippen molar-refractivity contribution in [2.45, 2.75) is 25.2 Å². The zero-order chi connectivity index (χ0) is 12.0. The number of carboxylic acids is 1. The Morgan fingerprint density at radius 1 is 1.38 bits per heavy atom. The van der Waals surface area contributed by atoms with Crippen LogP contribution in [-0.4, -0.2) is 17.0 Å². The van der Waals surface area contributed by atoms with E-state index in [2.05, 4.69) is 0 Å². The van der Waals surface area contributed by atoms with Crippen LogP contribution in [0, 0.1) is 5.41 Å². The van der Waals surface area contributed by atoms with E-state index < -0.39 is 29.6 Å². The molecule has 0 spiro atoms. The molecule has 0 saturated heterocycles. The van der Waals surface area contributed by atoms with Gasteiger partial charge in [0, 0.05) is 12.3 Å². The van der Waals surface area contributed by atoms with E-state index in [1.807, 2.05) is 0 Å². The van der Waals surface area contributed by atoms with E-state index in [1.165, 1.54) is 0 Å². The second kappa shape index (κ2) is 3.27. The summed E-state index contributed by atoms with van der Waals surface area (Å²) < 4.78 is 26.5. The molecule has 0 amide bonds. The van der Waals surface area contributed by atoms with Gasteiger partial charge in [-0.1, -0.05) is 37.3 Å². The van der Waals surface area contributed by atoms with Crippen molar-refractivity contribution >= 4 is 5.97 Å². The fourth-order valence-corrected chi connectivity index (χ4v) is 2.22. The Morgan fingerprint density at radius 3 is 2.25 bits per heavy atom. The Hall–Kier alpha value is -1.45. The maximum atomic E-state index is 13.3. The van der Waals surface area contributed by atoms with Gasteiger partial charge in [0.2, 0.25) is 0 Å². The maximum Gasteiger partial charge on any atom is 0.316 e. The van der Waals surface area contributed by atoms with Crippen molar-refractivity contribution < 1.29 is 18.7 Å². The van der Waals surface area contributed by atoms with Crippen LogP contribution in [0.5, 0.6) is 0 Å². The summed E-state index contributed by atoms with van der Waals surface area (Å²) in [6.07, 6.45) is -0.564. The highest BCUT2D eigenvalue weighted by Gasteiger charge is 2.78. The average molecular weight is 226 g/mol. The Morgan fingerprint density at radius 2 is 1.88 bits per heavy atom. The fourth-order valence-electron chi connectivity index (χ4n) is 2.22. The molecule has 0 aliphatic heterocycles. The molecule has 2 nitrogen and oxygen atoms in total. The first-order valence-electron chi connectivity index (χ1n) is 5.08. The number of hydrogen-bond acceptors (Lipinski definition) is 1. The molecule has 0 unspecified atom stereocenters. The minimum atomic E-state index is -3.09. The average Bonchev–Trinajstić information content (AvgIpc) is 2.84. The van der Waals surface area contributed by atoms with E-state index in [0.717, 1.165) is 0 Å². The predicted octanol–water partition coefficient (Wildman–Crippen LogP) is 2.90. The number of aliphatic carboxylic acids is 1. The molecule has 86 valence electrons. The number of alkyl halides is 2. The lowest BCUT2D eigenvalue weighted by Crippen LogP contribution is -2.28. The van der Waals surface area contributed by atoms with Crippen molar-refractivity contribution in [1.29, 1.82) is 0 Å². The minimum absolute atomic E-state index is 0.564. The van der Waals surface area contributed by atoms with Gasteiger partial charge in [-0.25, -0.2) is 8.78 Å². The van der Waals surface area contributed by atoms with Crippen molar-refractivity contribution in [3.8, 4) is 0 Å². The van der Waals surface area contributed by atoms with Crippen LogP contribution in [0.2, 0.25) is 0 Å². The number of carboxylic acid groups (broad SMARTS) is 1. The third-order valence-corrected chi connectivity index (χ3v) is 3.45. The van der Waals surface area contributed by atoms with E-state index in [-0.39, 0.29) is 0 Å². The second-order valence-corrected chi connectivity index (χ2v) is 4.29. The number of halogens is 2. The number of benzene rings is 1. The zero-order valence-corrected chi connectivity index (χ0v) is 8.78. The molecule has 1 aliphatic carbocycles. The third kappa shape index (κ3) is 1.32. The monoisotopic (exact) mass is 226 g/mol. The van der Waals surface area contributed by atoms with E-state index in [0.29, 0.717) is 5.56 Å². The minimum Gasteiger partial charge on any atom is -0.481 e. The summed E-state index contributed by atoms with van der Waals surface area (Å²) in [5, 5.41) is 8.99. The van der Waals surface area contributed by atoms with E-state index in [9.17, 15) is 13.6 Å². The Bertz CT molecular complexity index is 416. The molecule has 0 bridgehead atoms. The van der Waals surface area contributed by atoms with Crippen molar-refractivity contribution in [3.63, 3.8) is 0 Å². The Labute approximate surface area is 91.9 Å². The standard InChI is InChI=1S/C12H12F2O2/c1-8(9-5-3-2-4-6-9)11(10(15)16)7-12(11,13)14/h2-6,8H,7H2,1H3,(H,15,16)/t8-,11-/m0/s1. The summed E-state index contributed by atoms with van der Waals surface area (Å²) in [6, 6.07) is 8.59. The molecule has 1 N–H and O–H groups in total. The SMILES string of the molecule is C[C@@H](c1ccccc1)[C@]1(C(=O)O)CC1(F)F.